The molecular formula is C17H28FN3O3. The Morgan fingerprint density at radius 2 is 1.96 bits per heavy atom. The number of alkyl halides is 1. The van der Waals surface area contributed by atoms with E-state index >= 15 is 0 Å². The second-order valence-electron chi connectivity index (χ2n) is 8.21. The first kappa shape index (κ1) is 18.7. The van der Waals surface area contributed by atoms with Gasteiger partial charge in [-0.1, -0.05) is 40.0 Å². The molecule has 136 valence electrons. The molecule has 0 unspecified atom stereocenters. The Balaban J connectivity index is 2.00. The van der Waals surface area contributed by atoms with Crippen molar-refractivity contribution < 1.29 is 19.1 Å². The van der Waals surface area contributed by atoms with Crippen molar-refractivity contribution in [2.75, 3.05) is 19.6 Å². The minimum atomic E-state index is -1.36. The van der Waals surface area contributed by atoms with E-state index in [-0.39, 0.29) is 30.8 Å². The Labute approximate surface area is 142 Å². The van der Waals surface area contributed by atoms with E-state index in [9.17, 15) is 19.1 Å². The molecule has 1 aliphatic heterocycles. The summed E-state index contributed by atoms with van der Waals surface area (Å²) in [7, 11) is 0. The second-order valence-corrected chi connectivity index (χ2v) is 8.21. The summed E-state index contributed by atoms with van der Waals surface area (Å²) in [6.45, 7) is 6.28. The highest BCUT2D eigenvalue weighted by Crippen LogP contribution is 2.33. The molecule has 0 aromatic rings. The Bertz CT molecular complexity index is 522. The summed E-state index contributed by atoms with van der Waals surface area (Å²) in [6.07, 6.45) is 2.69. The van der Waals surface area contributed by atoms with Crippen molar-refractivity contribution in [3.05, 3.63) is 0 Å². The third-order valence-electron chi connectivity index (χ3n) is 4.40. The summed E-state index contributed by atoms with van der Waals surface area (Å²) < 4.78 is 14.8. The maximum Gasteiger partial charge on any atom is 0.407 e. The minimum Gasteiger partial charge on any atom is -0.465 e. The van der Waals surface area contributed by atoms with Gasteiger partial charge in [-0.25, -0.2) is 14.2 Å². The van der Waals surface area contributed by atoms with Gasteiger partial charge in [0.25, 0.3) is 0 Å². The topological polar surface area (TPSA) is 73.2 Å². The fraction of sp³-hybridized carbons (Fsp3) is 0.824. The molecule has 2 aliphatic rings. The van der Waals surface area contributed by atoms with Crippen LogP contribution in [0.3, 0.4) is 0 Å². The van der Waals surface area contributed by atoms with E-state index in [1.807, 2.05) is 20.8 Å². The van der Waals surface area contributed by atoms with Crippen LogP contribution in [-0.2, 0) is 4.79 Å². The zero-order valence-corrected chi connectivity index (χ0v) is 14.8. The first-order chi connectivity index (χ1) is 11.1. The number of nitrogens with zero attached hydrogens (tertiary/aromatic N) is 3. The maximum absolute atomic E-state index is 14.8. The average Bonchev–Trinajstić information content (AvgIpc) is 2.76. The Morgan fingerprint density at radius 3 is 2.50 bits per heavy atom. The lowest BCUT2D eigenvalue weighted by molar-refractivity contribution is -0.131. The van der Waals surface area contributed by atoms with Gasteiger partial charge in [-0.05, 0) is 18.3 Å². The van der Waals surface area contributed by atoms with Crippen molar-refractivity contribution in [3.8, 4) is 0 Å². The van der Waals surface area contributed by atoms with Crippen LogP contribution in [0.15, 0.2) is 5.10 Å². The molecule has 0 bridgehead atoms. The van der Waals surface area contributed by atoms with E-state index < -0.39 is 11.8 Å². The first-order valence-electron chi connectivity index (χ1n) is 8.62. The highest BCUT2D eigenvalue weighted by Gasteiger charge is 2.38. The smallest absolute Gasteiger partial charge is 0.407 e. The minimum absolute atomic E-state index is 0.0122. The first-order valence-corrected chi connectivity index (χ1v) is 8.62. The lowest BCUT2D eigenvalue weighted by atomic mass is 9.86. The van der Waals surface area contributed by atoms with Crippen molar-refractivity contribution in [3.63, 3.8) is 0 Å². The van der Waals surface area contributed by atoms with E-state index in [2.05, 4.69) is 5.10 Å². The van der Waals surface area contributed by atoms with Crippen LogP contribution in [0.1, 0.15) is 59.3 Å². The molecule has 2 amide bonds. The van der Waals surface area contributed by atoms with Gasteiger partial charge in [-0.2, -0.15) is 5.10 Å². The maximum atomic E-state index is 14.8. The largest absolute Gasteiger partial charge is 0.465 e. The number of hydrogen-bond acceptors (Lipinski definition) is 3. The SMILES string of the molecule is CC(C)(C)CN(CC1=NN(CC2(F)CCCCC2)C(=O)C1)C(=O)O. The van der Waals surface area contributed by atoms with Crippen molar-refractivity contribution in [1.82, 2.24) is 9.91 Å². The van der Waals surface area contributed by atoms with Gasteiger partial charge in [0, 0.05) is 6.54 Å². The number of carbonyl (C=O) groups is 2. The summed E-state index contributed by atoms with van der Waals surface area (Å²) in [6, 6.07) is 0. The molecule has 1 heterocycles. The number of amides is 2. The molecule has 0 aromatic carbocycles. The predicted molar refractivity (Wildman–Crippen MR) is 89.7 cm³/mol. The zero-order valence-electron chi connectivity index (χ0n) is 14.8. The second kappa shape index (κ2) is 7.07. The quantitative estimate of drug-likeness (QED) is 0.834. The van der Waals surface area contributed by atoms with Crippen molar-refractivity contribution in [1.29, 1.82) is 0 Å². The van der Waals surface area contributed by atoms with Gasteiger partial charge in [0.1, 0.15) is 5.67 Å². The molecule has 7 heteroatoms. The van der Waals surface area contributed by atoms with Crippen LogP contribution in [0.25, 0.3) is 0 Å². The third kappa shape index (κ3) is 5.18. The molecule has 6 nitrogen and oxygen atoms in total. The number of carbonyl (C=O) groups excluding carboxylic acids is 1. The fourth-order valence-corrected chi connectivity index (χ4v) is 3.33. The van der Waals surface area contributed by atoms with Crippen LogP contribution < -0.4 is 0 Å². The summed E-state index contributed by atoms with van der Waals surface area (Å²) in [5.74, 6) is -0.242. The molecule has 0 spiro atoms. The molecule has 2 rings (SSSR count). The van der Waals surface area contributed by atoms with Crippen molar-refractivity contribution in [2.24, 2.45) is 10.5 Å². The van der Waals surface area contributed by atoms with E-state index in [4.69, 9.17) is 0 Å². The molecule has 1 aliphatic carbocycles. The normalized spacial score (nSPS) is 20.9. The van der Waals surface area contributed by atoms with E-state index in [0.717, 1.165) is 19.3 Å². The van der Waals surface area contributed by atoms with Crippen molar-refractivity contribution in [2.45, 2.75) is 65.0 Å². The average molecular weight is 341 g/mol. The highest BCUT2D eigenvalue weighted by molar-refractivity contribution is 6.06. The zero-order chi connectivity index (χ0) is 18.0. The van der Waals surface area contributed by atoms with Crippen LogP contribution in [0.5, 0.6) is 0 Å². The summed E-state index contributed by atoms with van der Waals surface area (Å²) >= 11 is 0. The monoisotopic (exact) mass is 341 g/mol. The summed E-state index contributed by atoms with van der Waals surface area (Å²) in [4.78, 5) is 24.8. The standard InChI is InChI=1S/C17H28FN3O3/c1-16(2,3)11-20(15(23)24)10-13-9-14(22)21(19-13)12-17(18)7-5-4-6-8-17/h4-12H2,1-3H3,(H,23,24). The lowest BCUT2D eigenvalue weighted by Crippen LogP contribution is -2.40. The molecule has 0 aromatic heterocycles. The highest BCUT2D eigenvalue weighted by atomic mass is 19.1. The Morgan fingerprint density at radius 1 is 1.33 bits per heavy atom. The number of hydrogen-bond donors (Lipinski definition) is 1. The number of carboxylic acid groups (broad SMARTS) is 1. The van der Waals surface area contributed by atoms with Gasteiger partial charge in [-0.15, -0.1) is 0 Å². The van der Waals surface area contributed by atoms with Crippen LogP contribution >= 0.6 is 0 Å². The third-order valence-corrected chi connectivity index (χ3v) is 4.40. The fourth-order valence-electron chi connectivity index (χ4n) is 3.33. The van der Waals surface area contributed by atoms with E-state index in [1.54, 1.807) is 0 Å². The van der Waals surface area contributed by atoms with Gasteiger partial charge in [0.15, 0.2) is 0 Å². The van der Waals surface area contributed by atoms with Crippen molar-refractivity contribution >= 4 is 17.7 Å². The molecule has 0 atom stereocenters. The summed E-state index contributed by atoms with van der Waals surface area (Å²) in [5.41, 5.74) is -1.05. The molecule has 1 saturated carbocycles. The van der Waals surface area contributed by atoms with Crippen LogP contribution in [0, 0.1) is 5.41 Å². The number of rotatable bonds is 5. The molecule has 24 heavy (non-hydrogen) atoms. The van der Waals surface area contributed by atoms with Gasteiger partial charge in [-0.3, -0.25) is 4.79 Å². The predicted octanol–water partition coefficient (Wildman–Crippen LogP) is 3.27. The molecular weight excluding hydrogens is 313 g/mol. The Hall–Kier alpha value is -1.66. The lowest BCUT2D eigenvalue weighted by Gasteiger charge is -2.31. The molecule has 1 N–H and O–H groups in total. The summed E-state index contributed by atoms with van der Waals surface area (Å²) in [5, 5.41) is 14.8. The van der Waals surface area contributed by atoms with Crippen LogP contribution in [0.2, 0.25) is 0 Å². The Kier molecular flexibility index (Phi) is 5.50. The van der Waals surface area contributed by atoms with Gasteiger partial charge < -0.3 is 10.0 Å². The number of hydrazone groups is 1. The van der Waals surface area contributed by atoms with Crippen LogP contribution in [0.4, 0.5) is 9.18 Å². The van der Waals surface area contributed by atoms with Gasteiger partial charge >= 0.3 is 6.09 Å². The number of halogens is 1. The van der Waals surface area contributed by atoms with Crippen LogP contribution in [-0.4, -0.2) is 58.0 Å². The van der Waals surface area contributed by atoms with Gasteiger partial charge in [0.2, 0.25) is 5.91 Å². The molecule has 1 fully saturated rings. The van der Waals surface area contributed by atoms with Gasteiger partial charge in [0.05, 0.1) is 25.2 Å². The van der Waals surface area contributed by atoms with E-state index in [1.165, 1.54) is 9.91 Å². The molecule has 0 radical (unpaired) electrons. The molecule has 0 saturated heterocycles. The van der Waals surface area contributed by atoms with E-state index in [0.29, 0.717) is 25.1 Å².